The Balaban J connectivity index is 1.68. The van der Waals surface area contributed by atoms with Gasteiger partial charge in [0.05, 0.1) is 0 Å². The second kappa shape index (κ2) is 6.30. The number of amides is 1. The van der Waals surface area contributed by atoms with Crippen LogP contribution in [0, 0.1) is 0 Å². The van der Waals surface area contributed by atoms with Crippen LogP contribution in [-0.4, -0.2) is 12.7 Å². The molecule has 6 heteroatoms. The topological polar surface area (TPSA) is 47.6 Å². The summed E-state index contributed by atoms with van der Waals surface area (Å²) in [6.45, 7) is 0.221. The fraction of sp³-hybridized carbons (Fsp3) is 0.0625. The van der Waals surface area contributed by atoms with Crippen molar-refractivity contribution in [2.45, 2.75) is 0 Å². The van der Waals surface area contributed by atoms with Gasteiger partial charge in [0, 0.05) is 21.8 Å². The minimum absolute atomic E-state index is 0.221. The average molecular weight is 336 g/mol. The molecule has 0 aliphatic carbocycles. The lowest BCUT2D eigenvalue weighted by atomic mass is 10.2. The summed E-state index contributed by atoms with van der Waals surface area (Å²) in [7, 11) is 0. The predicted molar refractivity (Wildman–Crippen MR) is 86.7 cm³/mol. The van der Waals surface area contributed by atoms with Crippen molar-refractivity contribution in [3.05, 3.63) is 58.1 Å². The molecule has 0 fully saturated rings. The minimum Gasteiger partial charge on any atom is -0.454 e. The number of fused-ring (bicyclic) bond motifs is 1. The minimum atomic E-state index is -0.281. The highest BCUT2D eigenvalue weighted by molar-refractivity contribution is 6.35. The Kier molecular flexibility index (Phi) is 4.22. The van der Waals surface area contributed by atoms with E-state index in [1.54, 1.807) is 30.3 Å². The maximum Gasteiger partial charge on any atom is 0.248 e. The third-order valence-electron chi connectivity index (χ3n) is 2.95. The fourth-order valence-corrected chi connectivity index (χ4v) is 2.52. The van der Waals surface area contributed by atoms with E-state index in [-0.39, 0.29) is 12.7 Å². The van der Waals surface area contributed by atoms with Crippen LogP contribution in [0.1, 0.15) is 5.56 Å². The van der Waals surface area contributed by atoms with E-state index in [4.69, 9.17) is 32.7 Å². The Morgan fingerprint density at radius 1 is 1.05 bits per heavy atom. The maximum atomic E-state index is 11.9. The van der Waals surface area contributed by atoms with Gasteiger partial charge in [-0.05, 0) is 42.0 Å². The number of ether oxygens (including phenoxy) is 2. The lowest BCUT2D eigenvalue weighted by molar-refractivity contribution is -0.111. The molecule has 4 nitrogen and oxygen atoms in total. The molecule has 0 aromatic heterocycles. The van der Waals surface area contributed by atoms with Gasteiger partial charge in [0.2, 0.25) is 12.7 Å². The van der Waals surface area contributed by atoms with Crippen LogP contribution in [0.2, 0.25) is 10.0 Å². The molecule has 3 rings (SSSR count). The summed E-state index contributed by atoms with van der Waals surface area (Å²) < 4.78 is 10.5. The van der Waals surface area contributed by atoms with Crippen LogP contribution in [0.15, 0.2) is 42.5 Å². The monoisotopic (exact) mass is 335 g/mol. The first-order valence-electron chi connectivity index (χ1n) is 6.45. The Bertz CT molecular complexity index is 739. The van der Waals surface area contributed by atoms with E-state index in [0.717, 1.165) is 5.56 Å². The van der Waals surface area contributed by atoms with E-state index in [1.807, 2.05) is 12.1 Å². The van der Waals surface area contributed by atoms with Crippen molar-refractivity contribution >= 4 is 40.9 Å². The zero-order valence-electron chi connectivity index (χ0n) is 11.3. The summed E-state index contributed by atoms with van der Waals surface area (Å²) in [5.41, 5.74) is 1.38. The van der Waals surface area contributed by atoms with Gasteiger partial charge >= 0.3 is 0 Å². The number of benzene rings is 2. The van der Waals surface area contributed by atoms with Gasteiger partial charge in [0.25, 0.3) is 0 Å². The highest BCUT2D eigenvalue weighted by atomic mass is 35.5. The molecule has 0 atom stereocenters. The SMILES string of the molecule is O=C(/C=C/c1ccc2c(c1)OCO2)Nc1cc(Cl)cc(Cl)c1. The Morgan fingerprint density at radius 2 is 1.77 bits per heavy atom. The molecule has 0 saturated carbocycles. The summed E-state index contributed by atoms with van der Waals surface area (Å²) in [6, 6.07) is 10.3. The van der Waals surface area contributed by atoms with Gasteiger partial charge in [-0.2, -0.15) is 0 Å². The van der Waals surface area contributed by atoms with Crippen LogP contribution in [-0.2, 0) is 4.79 Å². The lowest BCUT2D eigenvalue weighted by Crippen LogP contribution is -2.07. The number of rotatable bonds is 3. The van der Waals surface area contributed by atoms with Gasteiger partial charge in [-0.1, -0.05) is 29.3 Å². The first-order valence-corrected chi connectivity index (χ1v) is 7.20. The number of hydrogen-bond donors (Lipinski definition) is 1. The molecule has 0 saturated heterocycles. The number of nitrogens with one attached hydrogen (secondary N) is 1. The van der Waals surface area contributed by atoms with E-state index in [2.05, 4.69) is 5.32 Å². The van der Waals surface area contributed by atoms with Gasteiger partial charge in [-0.25, -0.2) is 0 Å². The molecule has 1 N–H and O–H groups in total. The number of carbonyl (C=O) groups excluding carboxylic acids is 1. The number of anilines is 1. The van der Waals surface area contributed by atoms with Gasteiger partial charge < -0.3 is 14.8 Å². The van der Waals surface area contributed by atoms with Gasteiger partial charge in [0.1, 0.15) is 0 Å². The Hall–Kier alpha value is -2.17. The van der Waals surface area contributed by atoms with Crippen LogP contribution in [0.25, 0.3) is 6.08 Å². The fourth-order valence-electron chi connectivity index (χ4n) is 2.00. The highest BCUT2D eigenvalue weighted by Crippen LogP contribution is 2.32. The van der Waals surface area contributed by atoms with Crippen molar-refractivity contribution in [3.63, 3.8) is 0 Å². The molecular formula is C16H11Cl2NO3. The van der Waals surface area contributed by atoms with Crippen LogP contribution in [0.3, 0.4) is 0 Å². The van der Waals surface area contributed by atoms with Crippen molar-refractivity contribution in [1.29, 1.82) is 0 Å². The summed E-state index contributed by atoms with van der Waals surface area (Å²) in [6.07, 6.45) is 3.11. The van der Waals surface area contributed by atoms with E-state index < -0.39 is 0 Å². The summed E-state index contributed by atoms with van der Waals surface area (Å²) in [4.78, 5) is 11.9. The van der Waals surface area contributed by atoms with E-state index in [9.17, 15) is 4.79 Å². The van der Waals surface area contributed by atoms with Gasteiger partial charge in [-0.3, -0.25) is 4.79 Å². The van der Waals surface area contributed by atoms with Crippen LogP contribution in [0.4, 0.5) is 5.69 Å². The summed E-state index contributed by atoms with van der Waals surface area (Å²) in [5.74, 6) is 1.09. The standard InChI is InChI=1S/C16H11Cl2NO3/c17-11-6-12(18)8-13(7-11)19-16(20)4-2-10-1-3-14-15(5-10)22-9-21-14/h1-8H,9H2,(H,19,20)/b4-2+. The molecule has 0 bridgehead atoms. The average Bonchev–Trinajstić information content (AvgIpc) is 2.91. The lowest BCUT2D eigenvalue weighted by Gasteiger charge is -2.03. The second-order valence-corrected chi connectivity index (χ2v) is 5.47. The maximum absolute atomic E-state index is 11.9. The molecule has 1 aliphatic heterocycles. The van der Waals surface area contributed by atoms with E-state index in [1.165, 1.54) is 6.08 Å². The van der Waals surface area contributed by atoms with Crippen LogP contribution < -0.4 is 14.8 Å². The number of halogens is 2. The van der Waals surface area contributed by atoms with Crippen molar-refractivity contribution in [2.24, 2.45) is 0 Å². The first kappa shape index (κ1) is 14.8. The van der Waals surface area contributed by atoms with Crippen molar-refractivity contribution < 1.29 is 14.3 Å². The molecule has 22 heavy (non-hydrogen) atoms. The number of hydrogen-bond acceptors (Lipinski definition) is 3. The summed E-state index contributed by atoms with van der Waals surface area (Å²) >= 11 is 11.8. The largest absolute Gasteiger partial charge is 0.454 e. The molecular weight excluding hydrogens is 325 g/mol. The predicted octanol–water partition coefficient (Wildman–Crippen LogP) is 4.37. The number of carbonyl (C=O) groups is 1. The molecule has 0 spiro atoms. The van der Waals surface area contributed by atoms with E-state index in [0.29, 0.717) is 27.2 Å². The molecule has 0 unspecified atom stereocenters. The van der Waals surface area contributed by atoms with Crippen molar-refractivity contribution in [2.75, 3.05) is 12.1 Å². The normalized spacial score (nSPS) is 12.6. The van der Waals surface area contributed by atoms with Crippen molar-refractivity contribution in [1.82, 2.24) is 0 Å². The van der Waals surface area contributed by atoms with Crippen molar-refractivity contribution in [3.8, 4) is 11.5 Å². The van der Waals surface area contributed by atoms with Gasteiger partial charge in [-0.15, -0.1) is 0 Å². The van der Waals surface area contributed by atoms with Gasteiger partial charge in [0.15, 0.2) is 11.5 Å². The summed E-state index contributed by atoms with van der Waals surface area (Å²) in [5, 5.41) is 3.62. The molecule has 1 aliphatic rings. The third-order valence-corrected chi connectivity index (χ3v) is 3.39. The Morgan fingerprint density at radius 3 is 2.55 bits per heavy atom. The van der Waals surface area contributed by atoms with Crippen LogP contribution >= 0.6 is 23.2 Å². The van der Waals surface area contributed by atoms with Crippen LogP contribution in [0.5, 0.6) is 11.5 Å². The third kappa shape index (κ3) is 3.53. The zero-order chi connectivity index (χ0) is 15.5. The smallest absolute Gasteiger partial charge is 0.248 e. The highest BCUT2D eigenvalue weighted by Gasteiger charge is 2.12. The second-order valence-electron chi connectivity index (χ2n) is 4.59. The Labute approximate surface area is 137 Å². The molecule has 112 valence electrons. The molecule has 2 aromatic rings. The molecule has 1 heterocycles. The van der Waals surface area contributed by atoms with E-state index >= 15 is 0 Å². The molecule has 1 amide bonds. The quantitative estimate of drug-likeness (QED) is 0.847. The first-order chi connectivity index (χ1) is 10.6. The molecule has 0 radical (unpaired) electrons. The zero-order valence-corrected chi connectivity index (χ0v) is 12.8. The molecule has 2 aromatic carbocycles.